The van der Waals surface area contributed by atoms with Crippen LogP contribution >= 0.6 is 0 Å². The number of benzene rings is 1. The van der Waals surface area contributed by atoms with Gasteiger partial charge in [-0.05, 0) is 31.7 Å². The van der Waals surface area contributed by atoms with Crippen molar-refractivity contribution in [2.45, 2.75) is 18.5 Å². The van der Waals surface area contributed by atoms with Gasteiger partial charge in [0.15, 0.2) is 0 Å². The van der Waals surface area contributed by atoms with Crippen molar-refractivity contribution in [2.24, 2.45) is 7.05 Å². The van der Waals surface area contributed by atoms with Crippen molar-refractivity contribution >= 4 is 16.6 Å². The van der Waals surface area contributed by atoms with Crippen LogP contribution in [-0.2, 0) is 7.05 Å². The highest BCUT2D eigenvalue weighted by Gasteiger charge is 2.41. The highest BCUT2D eigenvalue weighted by atomic mass is 16.1. The van der Waals surface area contributed by atoms with E-state index in [1.54, 1.807) is 13.4 Å². The number of rotatable bonds is 1. The van der Waals surface area contributed by atoms with Gasteiger partial charge in [0, 0.05) is 37.9 Å². The quantitative estimate of drug-likeness (QED) is 0.769. The molecule has 0 saturated carbocycles. The van der Waals surface area contributed by atoms with E-state index in [-0.39, 0.29) is 5.56 Å². The summed E-state index contributed by atoms with van der Waals surface area (Å²) in [5, 5.41) is 0.712. The van der Waals surface area contributed by atoms with Crippen molar-refractivity contribution in [3.63, 3.8) is 0 Å². The average Bonchev–Trinajstić information content (AvgIpc) is 3.02. The number of fused-ring (bicyclic) bond motifs is 3. The second-order valence-corrected chi connectivity index (χ2v) is 6.00. The molecular formula is C15H18N4O. The maximum atomic E-state index is 12.2. The summed E-state index contributed by atoms with van der Waals surface area (Å²) < 4.78 is 1.54. The molecule has 4 rings (SSSR count). The third kappa shape index (κ3) is 1.59. The number of aryl methyl sites for hydroxylation is 1. The molecule has 2 unspecified atom stereocenters. The standard InChI is InChI=1S/C15H18N4O/c1-17-7-12-5-11(17)8-19(12)10-3-4-14-13(6-10)15(20)18(2)9-16-14/h3-4,6,9,11-12H,5,7-8H2,1-2H3. The minimum atomic E-state index is 0.0262. The van der Waals surface area contributed by atoms with E-state index in [2.05, 4.69) is 27.9 Å². The lowest BCUT2D eigenvalue weighted by molar-refractivity contribution is 0.292. The van der Waals surface area contributed by atoms with Crippen LogP contribution in [0, 0.1) is 0 Å². The molecule has 2 aromatic rings. The Balaban J connectivity index is 1.79. The van der Waals surface area contributed by atoms with Gasteiger partial charge in [-0.1, -0.05) is 0 Å². The van der Waals surface area contributed by atoms with Crippen LogP contribution in [0.5, 0.6) is 0 Å². The Morgan fingerprint density at radius 3 is 2.75 bits per heavy atom. The number of hydrogen-bond acceptors (Lipinski definition) is 4. The molecule has 2 aliphatic heterocycles. The molecule has 1 aromatic carbocycles. The minimum Gasteiger partial charge on any atom is -0.366 e. The van der Waals surface area contributed by atoms with E-state index in [9.17, 15) is 4.79 Å². The summed E-state index contributed by atoms with van der Waals surface area (Å²) in [6.07, 6.45) is 2.82. The summed E-state index contributed by atoms with van der Waals surface area (Å²) in [5.74, 6) is 0. The van der Waals surface area contributed by atoms with Crippen molar-refractivity contribution in [3.8, 4) is 0 Å². The van der Waals surface area contributed by atoms with Gasteiger partial charge in [0.05, 0.1) is 17.2 Å². The Hall–Kier alpha value is -1.88. The van der Waals surface area contributed by atoms with Crippen LogP contribution in [0.25, 0.3) is 10.9 Å². The zero-order valence-corrected chi connectivity index (χ0v) is 11.8. The van der Waals surface area contributed by atoms with E-state index in [0.29, 0.717) is 17.5 Å². The number of anilines is 1. The van der Waals surface area contributed by atoms with Gasteiger partial charge in [-0.15, -0.1) is 0 Å². The van der Waals surface area contributed by atoms with Gasteiger partial charge in [-0.25, -0.2) is 4.98 Å². The third-order valence-electron chi connectivity index (χ3n) is 4.75. The van der Waals surface area contributed by atoms with E-state index in [1.807, 2.05) is 12.1 Å². The van der Waals surface area contributed by atoms with E-state index < -0.39 is 0 Å². The molecule has 0 aliphatic carbocycles. The Morgan fingerprint density at radius 1 is 1.20 bits per heavy atom. The van der Waals surface area contributed by atoms with Gasteiger partial charge in [-0.2, -0.15) is 0 Å². The van der Waals surface area contributed by atoms with Crippen LogP contribution in [-0.4, -0.2) is 46.7 Å². The van der Waals surface area contributed by atoms with Crippen LogP contribution in [0.15, 0.2) is 29.3 Å². The Morgan fingerprint density at radius 2 is 2.05 bits per heavy atom. The first kappa shape index (κ1) is 11.9. The normalized spacial score (nSPS) is 25.8. The van der Waals surface area contributed by atoms with Crippen molar-refractivity contribution in [3.05, 3.63) is 34.9 Å². The number of aromatic nitrogens is 2. The zero-order valence-electron chi connectivity index (χ0n) is 11.8. The Kier molecular flexibility index (Phi) is 2.41. The fourth-order valence-corrected chi connectivity index (χ4v) is 3.56. The van der Waals surface area contributed by atoms with Gasteiger partial charge < -0.3 is 9.47 Å². The summed E-state index contributed by atoms with van der Waals surface area (Å²) in [7, 11) is 3.94. The predicted octanol–water partition coefficient (Wildman–Crippen LogP) is 0.826. The first-order chi connectivity index (χ1) is 9.63. The van der Waals surface area contributed by atoms with E-state index in [0.717, 1.165) is 24.3 Å². The lowest BCUT2D eigenvalue weighted by atomic mass is 10.2. The molecule has 0 N–H and O–H groups in total. The van der Waals surface area contributed by atoms with Gasteiger partial charge in [0.2, 0.25) is 0 Å². The van der Waals surface area contributed by atoms with Crippen molar-refractivity contribution in [1.82, 2.24) is 14.5 Å². The molecule has 2 saturated heterocycles. The van der Waals surface area contributed by atoms with Gasteiger partial charge in [0.1, 0.15) is 0 Å². The highest BCUT2D eigenvalue weighted by Crippen LogP contribution is 2.34. The molecule has 1 aromatic heterocycles. The predicted molar refractivity (Wildman–Crippen MR) is 79.2 cm³/mol. The molecule has 2 bridgehead atoms. The number of likely N-dealkylation sites (tertiary alicyclic amines) is 1. The van der Waals surface area contributed by atoms with E-state index in [1.165, 1.54) is 11.0 Å². The van der Waals surface area contributed by atoms with Gasteiger partial charge in [-0.3, -0.25) is 9.69 Å². The molecule has 2 aliphatic rings. The van der Waals surface area contributed by atoms with Gasteiger partial charge >= 0.3 is 0 Å². The molecule has 3 heterocycles. The lowest BCUT2D eigenvalue weighted by Gasteiger charge is -2.33. The topological polar surface area (TPSA) is 41.4 Å². The summed E-state index contributed by atoms with van der Waals surface area (Å²) in [5.41, 5.74) is 1.96. The van der Waals surface area contributed by atoms with Crippen LogP contribution in [0.1, 0.15) is 6.42 Å². The highest BCUT2D eigenvalue weighted by molar-refractivity contribution is 5.81. The summed E-state index contributed by atoms with van der Waals surface area (Å²) in [4.78, 5) is 21.4. The fourth-order valence-electron chi connectivity index (χ4n) is 3.56. The molecular weight excluding hydrogens is 252 g/mol. The first-order valence-electron chi connectivity index (χ1n) is 7.06. The third-order valence-corrected chi connectivity index (χ3v) is 4.75. The molecule has 20 heavy (non-hydrogen) atoms. The largest absolute Gasteiger partial charge is 0.366 e. The summed E-state index contributed by atoms with van der Waals surface area (Å²) in [6.45, 7) is 2.18. The number of likely N-dealkylation sites (N-methyl/N-ethyl adjacent to an activating group) is 1. The second kappa shape index (κ2) is 4.06. The van der Waals surface area contributed by atoms with Gasteiger partial charge in [0.25, 0.3) is 5.56 Å². The first-order valence-corrected chi connectivity index (χ1v) is 7.06. The fraction of sp³-hybridized carbons (Fsp3) is 0.467. The zero-order chi connectivity index (χ0) is 13.9. The molecule has 0 radical (unpaired) electrons. The van der Waals surface area contributed by atoms with Crippen LogP contribution in [0.4, 0.5) is 5.69 Å². The Bertz CT molecular complexity index is 736. The molecule has 5 heteroatoms. The van der Waals surface area contributed by atoms with E-state index >= 15 is 0 Å². The van der Waals surface area contributed by atoms with Crippen LogP contribution in [0.3, 0.4) is 0 Å². The maximum absolute atomic E-state index is 12.2. The number of hydrogen-bond donors (Lipinski definition) is 0. The maximum Gasteiger partial charge on any atom is 0.260 e. The monoisotopic (exact) mass is 270 g/mol. The molecule has 2 fully saturated rings. The summed E-state index contributed by atoms with van der Waals surface area (Å²) >= 11 is 0. The average molecular weight is 270 g/mol. The molecule has 0 amide bonds. The number of piperazine rings is 1. The molecule has 104 valence electrons. The SMILES string of the molecule is CN1CC2CC1CN2c1ccc2ncn(C)c(=O)c2c1. The van der Waals surface area contributed by atoms with Crippen LogP contribution < -0.4 is 10.5 Å². The van der Waals surface area contributed by atoms with Crippen molar-refractivity contribution < 1.29 is 0 Å². The van der Waals surface area contributed by atoms with Crippen LogP contribution in [0.2, 0.25) is 0 Å². The summed E-state index contributed by atoms with van der Waals surface area (Å²) in [6, 6.07) is 7.30. The molecule has 2 atom stereocenters. The molecule has 0 spiro atoms. The second-order valence-electron chi connectivity index (χ2n) is 6.00. The minimum absolute atomic E-state index is 0.0262. The van der Waals surface area contributed by atoms with Crippen molar-refractivity contribution in [2.75, 3.05) is 25.0 Å². The number of nitrogens with zero attached hydrogens (tertiary/aromatic N) is 4. The van der Waals surface area contributed by atoms with E-state index in [4.69, 9.17) is 0 Å². The molecule has 5 nitrogen and oxygen atoms in total. The smallest absolute Gasteiger partial charge is 0.260 e. The lowest BCUT2D eigenvalue weighted by Crippen LogP contribution is -2.44. The van der Waals surface area contributed by atoms with Crippen molar-refractivity contribution in [1.29, 1.82) is 0 Å². The Labute approximate surface area is 117 Å².